The zero-order chi connectivity index (χ0) is 15.0. The van der Waals surface area contributed by atoms with Gasteiger partial charge in [0.25, 0.3) is 0 Å². The summed E-state index contributed by atoms with van der Waals surface area (Å²) >= 11 is 0. The van der Waals surface area contributed by atoms with E-state index in [1.807, 2.05) is 39.2 Å². The fraction of sp³-hybridized carbons (Fsp3) is 0.438. The number of hydrogen-bond acceptors (Lipinski definition) is 4. The highest BCUT2D eigenvalue weighted by Gasteiger charge is 2.30. The highest BCUT2D eigenvalue weighted by molar-refractivity contribution is 5.59. The Morgan fingerprint density at radius 1 is 1.33 bits per heavy atom. The van der Waals surface area contributed by atoms with Crippen molar-refractivity contribution in [2.24, 2.45) is 5.92 Å². The minimum absolute atomic E-state index is 0.590. The molecule has 21 heavy (non-hydrogen) atoms. The first-order valence-corrected chi connectivity index (χ1v) is 7.19. The van der Waals surface area contributed by atoms with Gasteiger partial charge < -0.3 is 9.47 Å². The topological polar surface area (TPSA) is 57.7 Å². The zero-order valence-electron chi connectivity index (χ0n) is 12.7. The van der Waals surface area contributed by atoms with Gasteiger partial charge in [-0.3, -0.25) is 0 Å². The quantitative estimate of drug-likeness (QED) is 0.865. The lowest BCUT2D eigenvalue weighted by Crippen LogP contribution is -2.49. The number of anilines is 1. The highest BCUT2D eigenvalue weighted by atomic mass is 15.3. The van der Waals surface area contributed by atoms with Gasteiger partial charge in [-0.15, -0.1) is 0 Å². The van der Waals surface area contributed by atoms with Gasteiger partial charge in [-0.1, -0.05) is 0 Å². The number of imidazole rings is 1. The maximum atomic E-state index is 9.34. The van der Waals surface area contributed by atoms with Crippen molar-refractivity contribution < 1.29 is 0 Å². The van der Waals surface area contributed by atoms with Gasteiger partial charge >= 0.3 is 0 Å². The van der Waals surface area contributed by atoms with Crippen LogP contribution in [-0.4, -0.2) is 27.6 Å². The second-order valence-corrected chi connectivity index (χ2v) is 5.79. The van der Waals surface area contributed by atoms with E-state index in [-0.39, 0.29) is 0 Å². The first kappa shape index (κ1) is 13.6. The number of rotatable bonds is 3. The van der Waals surface area contributed by atoms with Crippen LogP contribution in [0.1, 0.15) is 22.6 Å². The Labute approximate surface area is 124 Å². The van der Waals surface area contributed by atoms with Gasteiger partial charge in [0.1, 0.15) is 17.7 Å². The highest BCUT2D eigenvalue weighted by Crippen LogP contribution is 2.29. The Hall–Kier alpha value is -2.35. The molecule has 5 nitrogen and oxygen atoms in total. The molecule has 108 valence electrons. The number of hydrogen-bond donors (Lipinski definition) is 0. The summed E-state index contributed by atoms with van der Waals surface area (Å²) in [4.78, 5) is 11.0. The van der Waals surface area contributed by atoms with E-state index in [2.05, 4.69) is 25.5 Å². The van der Waals surface area contributed by atoms with Crippen molar-refractivity contribution in [2.75, 3.05) is 18.0 Å². The third-order valence-electron chi connectivity index (χ3n) is 4.07. The summed E-state index contributed by atoms with van der Waals surface area (Å²) in [6.07, 6.45) is 3.86. The number of nitriles is 1. The average molecular weight is 281 g/mol. The van der Waals surface area contributed by atoms with Crippen molar-refractivity contribution >= 4 is 5.82 Å². The van der Waals surface area contributed by atoms with E-state index in [0.717, 1.165) is 42.5 Å². The van der Waals surface area contributed by atoms with Gasteiger partial charge in [-0.25, -0.2) is 9.97 Å². The lowest BCUT2D eigenvalue weighted by molar-refractivity contribution is 0.352. The van der Waals surface area contributed by atoms with E-state index >= 15 is 0 Å². The summed E-state index contributed by atoms with van der Waals surface area (Å²) in [5.74, 6) is 2.48. The van der Waals surface area contributed by atoms with E-state index in [4.69, 9.17) is 0 Å². The molecule has 0 aliphatic carbocycles. The number of nitrogens with zero attached hydrogens (tertiary/aromatic N) is 5. The predicted molar refractivity (Wildman–Crippen MR) is 81.1 cm³/mol. The van der Waals surface area contributed by atoms with Gasteiger partial charge in [0.05, 0.1) is 5.56 Å². The average Bonchev–Trinajstić information content (AvgIpc) is 2.78. The molecule has 0 unspecified atom stereocenters. The summed E-state index contributed by atoms with van der Waals surface area (Å²) in [5.41, 5.74) is 2.68. The zero-order valence-corrected chi connectivity index (χ0v) is 12.7. The van der Waals surface area contributed by atoms with E-state index in [0.29, 0.717) is 11.5 Å². The van der Waals surface area contributed by atoms with Gasteiger partial charge in [-0.05, 0) is 32.4 Å². The van der Waals surface area contributed by atoms with Crippen LogP contribution < -0.4 is 4.90 Å². The Balaban J connectivity index is 1.72. The van der Waals surface area contributed by atoms with Gasteiger partial charge in [-0.2, -0.15) is 5.26 Å². The van der Waals surface area contributed by atoms with E-state index in [1.165, 1.54) is 0 Å². The third kappa shape index (κ3) is 2.49. The van der Waals surface area contributed by atoms with E-state index in [9.17, 15) is 5.26 Å². The number of aromatic nitrogens is 3. The Kier molecular flexibility index (Phi) is 3.38. The van der Waals surface area contributed by atoms with Gasteiger partial charge in [0.2, 0.25) is 0 Å². The van der Waals surface area contributed by atoms with Crippen molar-refractivity contribution in [2.45, 2.75) is 27.3 Å². The van der Waals surface area contributed by atoms with Crippen LogP contribution in [0, 0.1) is 38.0 Å². The fourth-order valence-electron chi connectivity index (χ4n) is 2.92. The molecule has 0 N–H and O–H groups in total. The first-order chi connectivity index (χ1) is 10.1. The molecule has 2 aromatic rings. The van der Waals surface area contributed by atoms with Crippen LogP contribution in [0.3, 0.4) is 0 Å². The molecule has 1 saturated heterocycles. The molecule has 0 spiro atoms. The summed E-state index contributed by atoms with van der Waals surface area (Å²) < 4.78 is 2.18. The SMILES string of the molecule is Cc1cc(C)c(C#N)c(N2CC(Cn3ccnc3C)C2)n1. The Morgan fingerprint density at radius 2 is 2.10 bits per heavy atom. The molecule has 0 amide bonds. The standard InChI is InChI=1S/C16H19N5/c1-11-6-12(2)19-16(15(11)7-17)21-9-14(10-21)8-20-5-4-18-13(20)3/h4-6,14H,8-10H2,1-3H3. The molecular formula is C16H19N5. The van der Waals surface area contributed by atoms with Gasteiger partial charge in [0.15, 0.2) is 0 Å². The van der Waals surface area contributed by atoms with Crippen LogP contribution in [0.15, 0.2) is 18.5 Å². The van der Waals surface area contributed by atoms with Crippen LogP contribution in [0.4, 0.5) is 5.82 Å². The molecular weight excluding hydrogens is 262 g/mol. The molecule has 0 atom stereocenters. The number of pyridine rings is 1. The van der Waals surface area contributed by atoms with E-state index in [1.54, 1.807) is 0 Å². The minimum Gasteiger partial charge on any atom is -0.355 e. The molecule has 3 rings (SSSR count). The van der Waals surface area contributed by atoms with Crippen molar-refractivity contribution in [3.05, 3.63) is 41.1 Å². The van der Waals surface area contributed by atoms with Crippen LogP contribution in [0.5, 0.6) is 0 Å². The lowest BCUT2D eigenvalue weighted by atomic mass is 9.98. The normalized spacial score (nSPS) is 14.9. The monoisotopic (exact) mass is 281 g/mol. The lowest BCUT2D eigenvalue weighted by Gasteiger charge is -2.41. The molecule has 0 bridgehead atoms. The maximum absolute atomic E-state index is 9.34. The molecule has 1 aliphatic rings. The molecule has 2 aromatic heterocycles. The van der Waals surface area contributed by atoms with Crippen LogP contribution >= 0.6 is 0 Å². The van der Waals surface area contributed by atoms with Crippen molar-refractivity contribution in [1.29, 1.82) is 5.26 Å². The molecule has 3 heterocycles. The van der Waals surface area contributed by atoms with Crippen LogP contribution in [0.25, 0.3) is 0 Å². The van der Waals surface area contributed by atoms with Crippen LogP contribution in [-0.2, 0) is 6.54 Å². The van der Waals surface area contributed by atoms with Crippen LogP contribution in [0.2, 0.25) is 0 Å². The largest absolute Gasteiger partial charge is 0.355 e. The molecule has 5 heteroatoms. The maximum Gasteiger partial charge on any atom is 0.147 e. The molecule has 0 radical (unpaired) electrons. The molecule has 0 saturated carbocycles. The summed E-state index contributed by atoms with van der Waals surface area (Å²) in [5, 5.41) is 9.34. The van der Waals surface area contributed by atoms with Crippen molar-refractivity contribution in [3.63, 3.8) is 0 Å². The predicted octanol–water partition coefficient (Wildman–Crippen LogP) is 2.21. The Morgan fingerprint density at radius 3 is 2.71 bits per heavy atom. The van der Waals surface area contributed by atoms with Crippen molar-refractivity contribution in [1.82, 2.24) is 14.5 Å². The first-order valence-electron chi connectivity index (χ1n) is 7.19. The third-order valence-corrected chi connectivity index (χ3v) is 4.07. The summed E-state index contributed by atoms with van der Waals surface area (Å²) in [7, 11) is 0. The molecule has 0 aromatic carbocycles. The van der Waals surface area contributed by atoms with E-state index < -0.39 is 0 Å². The summed E-state index contributed by atoms with van der Waals surface area (Å²) in [6, 6.07) is 4.26. The molecule has 1 fully saturated rings. The second-order valence-electron chi connectivity index (χ2n) is 5.79. The fourth-order valence-corrected chi connectivity index (χ4v) is 2.92. The smallest absolute Gasteiger partial charge is 0.147 e. The number of aryl methyl sites for hydroxylation is 3. The molecule has 1 aliphatic heterocycles. The Bertz CT molecular complexity index is 704. The minimum atomic E-state index is 0.590. The van der Waals surface area contributed by atoms with Gasteiger partial charge in [0, 0.05) is 43.6 Å². The second kappa shape index (κ2) is 5.21. The summed E-state index contributed by atoms with van der Waals surface area (Å²) in [6.45, 7) is 8.85. The van der Waals surface area contributed by atoms with Crippen molar-refractivity contribution in [3.8, 4) is 6.07 Å².